The van der Waals surface area contributed by atoms with E-state index < -0.39 is 0 Å². The number of hydrogen-bond donors (Lipinski definition) is 2. The van der Waals surface area contributed by atoms with Crippen molar-refractivity contribution in [2.45, 2.75) is 40.3 Å². The maximum absolute atomic E-state index is 5.87. The van der Waals surface area contributed by atoms with Gasteiger partial charge < -0.3 is 15.4 Å². The van der Waals surface area contributed by atoms with Crippen LogP contribution in [0.1, 0.15) is 30.7 Å². The fourth-order valence-corrected chi connectivity index (χ4v) is 2.76. The Morgan fingerprint density at radius 3 is 2.48 bits per heavy atom. The van der Waals surface area contributed by atoms with Crippen LogP contribution in [0.4, 0.5) is 17.5 Å². The predicted molar refractivity (Wildman–Crippen MR) is 111 cm³/mol. The third-order valence-electron chi connectivity index (χ3n) is 4.06. The van der Waals surface area contributed by atoms with Crippen LogP contribution < -0.4 is 15.4 Å². The fourth-order valence-electron chi connectivity index (χ4n) is 2.76. The maximum atomic E-state index is 5.87. The van der Waals surface area contributed by atoms with Crippen LogP contribution in [0.3, 0.4) is 0 Å². The number of aryl methyl sites for hydroxylation is 2. The molecule has 2 aromatic carbocycles. The van der Waals surface area contributed by atoms with Crippen LogP contribution in [-0.2, 0) is 6.54 Å². The van der Waals surface area contributed by atoms with Gasteiger partial charge in [0.25, 0.3) is 0 Å². The van der Waals surface area contributed by atoms with Crippen molar-refractivity contribution in [3.63, 3.8) is 0 Å². The van der Waals surface area contributed by atoms with Gasteiger partial charge in [0.15, 0.2) is 0 Å². The van der Waals surface area contributed by atoms with E-state index in [1.165, 1.54) is 11.1 Å². The van der Waals surface area contributed by atoms with E-state index >= 15 is 0 Å². The Morgan fingerprint density at radius 1 is 0.963 bits per heavy atom. The summed E-state index contributed by atoms with van der Waals surface area (Å²) in [6.07, 6.45) is 0.103. The second-order valence-corrected chi connectivity index (χ2v) is 6.79. The molecular weight excluding hydrogens is 336 g/mol. The number of aromatic nitrogens is 2. The molecule has 0 amide bonds. The van der Waals surface area contributed by atoms with Crippen LogP contribution in [-0.4, -0.2) is 16.1 Å². The summed E-state index contributed by atoms with van der Waals surface area (Å²) in [6, 6.07) is 18.1. The Bertz CT molecular complexity index is 908. The Balaban J connectivity index is 1.77. The van der Waals surface area contributed by atoms with Crippen molar-refractivity contribution in [2.24, 2.45) is 0 Å². The van der Waals surface area contributed by atoms with Gasteiger partial charge in [-0.3, -0.25) is 0 Å². The van der Waals surface area contributed by atoms with Gasteiger partial charge in [-0.05, 0) is 51.0 Å². The molecule has 0 unspecified atom stereocenters. The Morgan fingerprint density at radius 2 is 1.70 bits per heavy atom. The van der Waals surface area contributed by atoms with E-state index in [1.54, 1.807) is 0 Å². The van der Waals surface area contributed by atoms with E-state index in [2.05, 4.69) is 39.7 Å². The highest BCUT2D eigenvalue weighted by atomic mass is 16.5. The molecule has 5 heteroatoms. The number of rotatable bonds is 7. The molecule has 140 valence electrons. The van der Waals surface area contributed by atoms with Crippen LogP contribution in [0, 0.1) is 13.8 Å². The van der Waals surface area contributed by atoms with E-state index in [0.29, 0.717) is 12.5 Å². The zero-order chi connectivity index (χ0) is 19.2. The number of anilines is 3. The van der Waals surface area contributed by atoms with Gasteiger partial charge in [-0.25, -0.2) is 4.98 Å². The summed E-state index contributed by atoms with van der Waals surface area (Å²) in [6.45, 7) is 8.77. The molecule has 0 aliphatic carbocycles. The van der Waals surface area contributed by atoms with Gasteiger partial charge in [0, 0.05) is 18.3 Å². The van der Waals surface area contributed by atoms with E-state index in [4.69, 9.17) is 4.74 Å². The first kappa shape index (κ1) is 18.7. The molecule has 2 N–H and O–H groups in total. The molecule has 3 aromatic rings. The summed E-state index contributed by atoms with van der Waals surface area (Å²) in [5.41, 5.74) is 4.25. The molecule has 0 bridgehead atoms. The molecule has 0 aliphatic heterocycles. The fraction of sp³-hybridized carbons (Fsp3) is 0.273. The lowest BCUT2D eigenvalue weighted by atomic mass is 10.1. The summed E-state index contributed by atoms with van der Waals surface area (Å²) in [5.74, 6) is 2.13. The van der Waals surface area contributed by atoms with Crippen molar-refractivity contribution in [3.05, 3.63) is 71.4 Å². The highest BCUT2D eigenvalue weighted by molar-refractivity contribution is 5.64. The third kappa shape index (κ3) is 5.20. The van der Waals surface area contributed by atoms with Crippen molar-refractivity contribution in [1.82, 2.24) is 9.97 Å². The lowest BCUT2D eigenvalue weighted by molar-refractivity contribution is 0.244. The Labute approximate surface area is 160 Å². The largest absolute Gasteiger partial charge is 0.489 e. The molecule has 27 heavy (non-hydrogen) atoms. The summed E-state index contributed by atoms with van der Waals surface area (Å²) in [5, 5.41) is 6.67. The maximum Gasteiger partial charge on any atom is 0.225 e. The van der Waals surface area contributed by atoms with Gasteiger partial charge in [-0.15, -0.1) is 0 Å². The number of para-hydroxylation sites is 2. The summed E-state index contributed by atoms with van der Waals surface area (Å²) in [7, 11) is 0. The number of ether oxygens (including phenoxy) is 1. The average Bonchev–Trinajstić information content (AvgIpc) is 2.62. The second kappa shape index (κ2) is 8.54. The molecule has 0 aliphatic rings. The van der Waals surface area contributed by atoms with E-state index in [-0.39, 0.29) is 6.10 Å². The first-order valence-electron chi connectivity index (χ1n) is 9.18. The molecule has 3 rings (SSSR count). The van der Waals surface area contributed by atoms with Gasteiger partial charge >= 0.3 is 0 Å². The van der Waals surface area contributed by atoms with Gasteiger partial charge in [0.2, 0.25) is 5.95 Å². The van der Waals surface area contributed by atoms with Crippen LogP contribution in [0.2, 0.25) is 0 Å². The highest BCUT2D eigenvalue weighted by Crippen LogP contribution is 2.28. The zero-order valence-corrected chi connectivity index (χ0v) is 16.3. The normalized spacial score (nSPS) is 10.7. The van der Waals surface area contributed by atoms with Crippen LogP contribution in [0.15, 0.2) is 54.6 Å². The van der Waals surface area contributed by atoms with E-state index in [1.807, 2.05) is 63.2 Å². The number of hydrogen-bond acceptors (Lipinski definition) is 5. The molecule has 1 aromatic heterocycles. The van der Waals surface area contributed by atoms with Gasteiger partial charge in [0.05, 0.1) is 11.8 Å². The second-order valence-electron chi connectivity index (χ2n) is 6.79. The molecule has 0 radical (unpaired) electrons. The minimum atomic E-state index is 0.103. The van der Waals surface area contributed by atoms with E-state index in [9.17, 15) is 0 Å². The predicted octanol–water partition coefficient (Wildman–Crippen LogP) is 5.24. The van der Waals surface area contributed by atoms with Crippen LogP contribution in [0.5, 0.6) is 5.75 Å². The third-order valence-corrected chi connectivity index (χ3v) is 4.06. The summed E-state index contributed by atoms with van der Waals surface area (Å²) >= 11 is 0. The molecule has 0 saturated heterocycles. The molecular formula is C22H26N4O. The quantitative estimate of drug-likeness (QED) is 0.602. The van der Waals surface area contributed by atoms with Gasteiger partial charge in [0.1, 0.15) is 11.6 Å². The van der Waals surface area contributed by atoms with Gasteiger partial charge in [-0.1, -0.05) is 36.4 Å². The Kier molecular flexibility index (Phi) is 5.91. The van der Waals surface area contributed by atoms with Crippen molar-refractivity contribution >= 4 is 17.5 Å². The molecule has 0 fully saturated rings. The molecule has 1 heterocycles. The smallest absolute Gasteiger partial charge is 0.225 e. The van der Waals surface area contributed by atoms with Crippen molar-refractivity contribution in [2.75, 3.05) is 10.6 Å². The number of nitrogens with one attached hydrogen (secondary N) is 2. The highest BCUT2D eigenvalue weighted by Gasteiger charge is 2.08. The molecule has 0 atom stereocenters. The van der Waals surface area contributed by atoms with Crippen LogP contribution in [0.25, 0.3) is 0 Å². The monoisotopic (exact) mass is 362 g/mol. The lowest BCUT2D eigenvalue weighted by Crippen LogP contribution is -2.09. The van der Waals surface area contributed by atoms with Gasteiger partial charge in [-0.2, -0.15) is 4.98 Å². The number of benzene rings is 2. The standard InChI is InChI=1S/C22H26N4O/c1-15(2)27-20-12-8-7-11-19(20)25-21-13-17(4)24-22(26-21)23-14-18-10-6-5-9-16(18)3/h5-13,15H,14H2,1-4H3,(H2,23,24,25,26). The molecule has 0 spiro atoms. The average molecular weight is 362 g/mol. The molecule has 5 nitrogen and oxygen atoms in total. The first-order valence-corrected chi connectivity index (χ1v) is 9.18. The number of nitrogens with zero attached hydrogens (tertiary/aromatic N) is 2. The zero-order valence-electron chi connectivity index (χ0n) is 16.3. The van der Waals surface area contributed by atoms with Crippen molar-refractivity contribution < 1.29 is 4.74 Å². The summed E-state index contributed by atoms with van der Waals surface area (Å²) < 4.78 is 5.87. The molecule has 0 saturated carbocycles. The van der Waals surface area contributed by atoms with Crippen molar-refractivity contribution in [1.29, 1.82) is 0 Å². The van der Waals surface area contributed by atoms with E-state index in [0.717, 1.165) is 22.9 Å². The van der Waals surface area contributed by atoms with Crippen molar-refractivity contribution in [3.8, 4) is 5.75 Å². The minimum absolute atomic E-state index is 0.103. The SMILES string of the molecule is Cc1cc(Nc2ccccc2OC(C)C)nc(NCc2ccccc2C)n1. The van der Waals surface area contributed by atoms with Crippen LogP contribution >= 0.6 is 0 Å². The minimum Gasteiger partial charge on any atom is -0.489 e. The lowest BCUT2D eigenvalue weighted by Gasteiger charge is -2.16. The Hall–Kier alpha value is -3.08. The summed E-state index contributed by atoms with van der Waals surface area (Å²) in [4.78, 5) is 9.10. The first-order chi connectivity index (χ1) is 13.0. The topological polar surface area (TPSA) is 59.1 Å².